The van der Waals surface area contributed by atoms with Crippen molar-refractivity contribution in [3.8, 4) is 0 Å². The maximum absolute atomic E-state index is 11.1. The van der Waals surface area contributed by atoms with E-state index in [9.17, 15) is 4.79 Å². The van der Waals surface area contributed by atoms with Crippen LogP contribution < -0.4 is 11.1 Å². The molecule has 15 heavy (non-hydrogen) atoms. The van der Waals surface area contributed by atoms with Gasteiger partial charge in [0.15, 0.2) is 0 Å². The molecule has 0 fully saturated rings. The van der Waals surface area contributed by atoms with E-state index in [2.05, 4.69) is 15.3 Å². The lowest BCUT2D eigenvalue weighted by molar-refractivity contribution is -0.121. The van der Waals surface area contributed by atoms with E-state index in [1.54, 1.807) is 13.2 Å². The van der Waals surface area contributed by atoms with Crippen LogP contribution in [0.3, 0.4) is 0 Å². The fourth-order valence-electron chi connectivity index (χ4n) is 1.10. The van der Waals surface area contributed by atoms with Gasteiger partial charge in [-0.15, -0.1) is 0 Å². The van der Waals surface area contributed by atoms with Gasteiger partial charge in [0.25, 0.3) is 0 Å². The highest BCUT2D eigenvalue weighted by atomic mass is 16.1. The topological polar surface area (TPSA) is 84.1 Å². The summed E-state index contributed by atoms with van der Waals surface area (Å²) in [5, 5.41) is 2.55. The standard InChI is InChI=1S/C9H15N5O/c1-11-9(15)6-14(2)5-7-3-13-8(10)4-12-7/h3-4H,5-6H2,1-2H3,(H2,10,13)(H,11,15). The summed E-state index contributed by atoms with van der Waals surface area (Å²) in [7, 11) is 3.45. The van der Waals surface area contributed by atoms with Crippen LogP contribution in [0.5, 0.6) is 0 Å². The van der Waals surface area contributed by atoms with E-state index in [4.69, 9.17) is 5.73 Å². The molecule has 1 aromatic rings. The molecule has 6 nitrogen and oxygen atoms in total. The zero-order chi connectivity index (χ0) is 11.3. The molecule has 82 valence electrons. The molecule has 1 aromatic heterocycles. The highest BCUT2D eigenvalue weighted by Crippen LogP contribution is 1.99. The van der Waals surface area contributed by atoms with Crippen molar-refractivity contribution in [3.05, 3.63) is 18.1 Å². The summed E-state index contributed by atoms with van der Waals surface area (Å²) in [6.07, 6.45) is 3.11. The molecule has 0 aliphatic carbocycles. The molecular weight excluding hydrogens is 194 g/mol. The molecule has 0 aliphatic rings. The van der Waals surface area contributed by atoms with Crippen LogP contribution in [-0.4, -0.2) is 41.4 Å². The number of hydrogen-bond acceptors (Lipinski definition) is 5. The number of nitrogens with one attached hydrogen (secondary N) is 1. The molecule has 0 unspecified atom stereocenters. The predicted octanol–water partition coefficient (Wildman–Crippen LogP) is -0.763. The summed E-state index contributed by atoms with van der Waals surface area (Å²) < 4.78 is 0. The Morgan fingerprint density at radius 3 is 2.80 bits per heavy atom. The Balaban J connectivity index is 2.47. The SMILES string of the molecule is CNC(=O)CN(C)Cc1cnc(N)cn1. The smallest absolute Gasteiger partial charge is 0.233 e. The molecular formula is C9H15N5O. The summed E-state index contributed by atoms with van der Waals surface area (Å²) in [5.41, 5.74) is 6.20. The summed E-state index contributed by atoms with van der Waals surface area (Å²) >= 11 is 0. The van der Waals surface area contributed by atoms with Crippen LogP contribution in [0.1, 0.15) is 5.69 Å². The minimum absolute atomic E-state index is 0.0269. The molecule has 1 heterocycles. The van der Waals surface area contributed by atoms with Gasteiger partial charge in [0.05, 0.1) is 24.6 Å². The quantitative estimate of drug-likeness (QED) is 0.680. The predicted molar refractivity (Wildman–Crippen MR) is 56.8 cm³/mol. The average Bonchev–Trinajstić information content (AvgIpc) is 2.21. The Bertz CT molecular complexity index is 324. The van der Waals surface area contributed by atoms with Gasteiger partial charge in [-0.25, -0.2) is 4.98 Å². The Labute approximate surface area is 88.5 Å². The van der Waals surface area contributed by atoms with Crippen LogP contribution in [0.25, 0.3) is 0 Å². The lowest BCUT2D eigenvalue weighted by atomic mass is 10.4. The molecule has 1 amide bonds. The summed E-state index contributed by atoms with van der Waals surface area (Å²) in [5.74, 6) is 0.369. The van der Waals surface area contributed by atoms with Crippen LogP contribution in [-0.2, 0) is 11.3 Å². The van der Waals surface area contributed by atoms with Crippen LogP contribution in [0, 0.1) is 0 Å². The van der Waals surface area contributed by atoms with Crippen molar-refractivity contribution in [1.82, 2.24) is 20.2 Å². The maximum atomic E-state index is 11.1. The van der Waals surface area contributed by atoms with Gasteiger partial charge in [-0.2, -0.15) is 0 Å². The molecule has 6 heteroatoms. The van der Waals surface area contributed by atoms with Crippen molar-refractivity contribution in [2.24, 2.45) is 0 Å². The number of nitrogens with two attached hydrogens (primary N) is 1. The van der Waals surface area contributed by atoms with Crippen molar-refractivity contribution >= 4 is 11.7 Å². The van der Waals surface area contributed by atoms with Crippen molar-refractivity contribution in [3.63, 3.8) is 0 Å². The monoisotopic (exact) mass is 209 g/mol. The molecule has 0 aromatic carbocycles. The highest BCUT2D eigenvalue weighted by Gasteiger charge is 2.05. The molecule has 0 saturated carbocycles. The van der Waals surface area contributed by atoms with Gasteiger partial charge < -0.3 is 11.1 Å². The third kappa shape index (κ3) is 3.90. The second kappa shape index (κ2) is 5.26. The summed E-state index contributed by atoms with van der Waals surface area (Å²) in [4.78, 5) is 20.9. The van der Waals surface area contributed by atoms with Gasteiger partial charge in [-0.3, -0.25) is 14.7 Å². The molecule has 1 rings (SSSR count). The van der Waals surface area contributed by atoms with E-state index in [1.807, 2.05) is 11.9 Å². The molecule has 0 aliphatic heterocycles. The fourth-order valence-corrected chi connectivity index (χ4v) is 1.10. The lowest BCUT2D eigenvalue weighted by Crippen LogP contribution is -2.32. The van der Waals surface area contributed by atoms with E-state index >= 15 is 0 Å². The van der Waals surface area contributed by atoms with E-state index in [0.29, 0.717) is 18.9 Å². The van der Waals surface area contributed by atoms with E-state index in [-0.39, 0.29) is 5.91 Å². The van der Waals surface area contributed by atoms with Gasteiger partial charge in [-0.05, 0) is 7.05 Å². The molecule has 0 spiro atoms. The van der Waals surface area contributed by atoms with E-state index in [1.165, 1.54) is 6.20 Å². The first-order valence-corrected chi connectivity index (χ1v) is 4.57. The molecule has 0 bridgehead atoms. The summed E-state index contributed by atoms with van der Waals surface area (Å²) in [6.45, 7) is 0.906. The normalized spacial score (nSPS) is 10.3. The van der Waals surface area contributed by atoms with Crippen molar-refractivity contribution in [2.45, 2.75) is 6.54 Å². The van der Waals surface area contributed by atoms with Crippen molar-refractivity contribution < 1.29 is 4.79 Å². The van der Waals surface area contributed by atoms with Gasteiger partial charge in [0.1, 0.15) is 5.82 Å². The highest BCUT2D eigenvalue weighted by molar-refractivity contribution is 5.77. The zero-order valence-electron chi connectivity index (χ0n) is 8.90. The van der Waals surface area contributed by atoms with Crippen molar-refractivity contribution in [2.75, 3.05) is 26.4 Å². The first-order valence-electron chi connectivity index (χ1n) is 4.57. The van der Waals surface area contributed by atoms with Crippen LogP contribution >= 0.6 is 0 Å². The maximum Gasteiger partial charge on any atom is 0.233 e. The number of rotatable bonds is 4. The number of carbonyl (C=O) groups excluding carboxylic acids is 1. The number of aromatic nitrogens is 2. The summed E-state index contributed by atoms with van der Waals surface area (Å²) in [6, 6.07) is 0. The van der Waals surface area contributed by atoms with Gasteiger partial charge in [0.2, 0.25) is 5.91 Å². The minimum atomic E-state index is -0.0269. The van der Waals surface area contributed by atoms with Gasteiger partial charge >= 0.3 is 0 Å². The van der Waals surface area contributed by atoms with E-state index in [0.717, 1.165) is 5.69 Å². The molecule has 0 saturated heterocycles. The number of carbonyl (C=O) groups is 1. The first-order chi connectivity index (χ1) is 7.11. The van der Waals surface area contributed by atoms with Crippen molar-refractivity contribution in [1.29, 1.82) is 0 Å². The second-order valence-corrected chi connectivity index (χ2v) is 3.28. The Kier molecular flexibility index (Phi) is 3.99. The first kappa shape index (κ1) is 11.4. The third-order valence-electron chi connectivity index (χ3n) is 1.85. The molecule has 0 radical (unpaired) electrons. The number of amides is 1. The number of nitrogens with zero attached hydrogens (tertiary/aromatic N) is 3. The van der Waals surface area contributed by atoms with Gasteiger partial charge in [-0.1, -0.05) is 0 Å². The third-order valence-corrected chi connectivity index (χ3v) is 1.85. The number of hydrogen-bond donors (Lipinski definition) is 2. The number of likely N-dealkylation sites (N-methyl/N-ethyl adjacent to an activating group) is 2. The van der Waals surface area contributed by atoms with E-state index < -0.39 is 0 Å². The number of anilines is 1. The Hall–Kier alpha value is -1.69. The molecule has 0 atom stereocenters. The second-order valence-electron chi connectivity index (χ2n) is 3.28. The molecule has 3 N–H and O–H groups in total. The van der Waals surface area contributed by atoms with Crippen LogP contribution in [0.15, 0.2) is 12.4 Å². The van der Waals surface area contributed by atoms with Crippen LogP contribution in [0.2, 0.25) is 0 Å². The average molecular weight is 209 g/mol. The Morgan fingerprint density at radius 1 is 1.53 bits per heavy atom. The minimum Gasteiger partial charge on any atom is -0.382 e. The van der Waals surface area contributed by atoms with Crippen LogP contribution in [0.4, 0.5) is 5.82 Å². The lowest BCUT2D eigenvalue weighted by Gasteiger charge is -2.14. The zero-order valence-corrected chi connectivity index (χ0v) is 8.90. The number of nitrogen functional groups attached to an aromatic ring is 1. The van der Waals surface area contributed by atoms with Gasteiger partial charge in [0, 0.05) is 13.6 Å². The fraction of sp³-hybridized carbons (Fsp3) is 0.444. The Morgan fingerprint density at radius 2 is 2.27 bits per heavy atom. The largest absolute Gasteiger partial charge is 0.382 e.